The molecule has 1 aromatic rings. The highest BCUT2D eigenvalue weighted by atomic mass is 16.2. The average molecular weight is 274 g/mol. The lowest BCUT2D eigenvalue weighted by atomic mass is 9.96. The molecule has 2 rings (SSSR count). The molecule has 4 heteroatoms. The number of hydrogen-bond donors (Lipinski definition) is 1. The minimum Gasteiger partial charge on any atom is -0.359 e. The van der Waals surface area contributed by atoms with Crippen molar-refractivity contribution in [2.45, 2.75) is 19.8 Å². The van der Waals surface area contributed by atoms with Crippen LogP contribution < -0.4 is 5.32 Å². The van der Waals surface area contributed by atoms with Gasteiger partial charge in [-0.3, -0.25) is 14.5 Å². The second-order valence-electron chi connectivity index (χ2n) is 5.43. The number of ketones is 1. The molecule has 0 aromatic heterocycles. The van der Waals surface area contributed by atoms with Crippen molar-refractivity contribution in [3.05, 3.63) is 35.4 Å². The number of benzene rings is 1. The third-order valence-corrected chi connectivity index (χ3v) is 3.94. The topological polar surface area (TPSA) is 49.4 Å². The Hall–Kier alpha value is -1.68. The van der Waals surface area contributed by atoms with E-state index < -0.39 is 0 Å². The van der Waals surface area contributed by atoms with Crippen LogP contribution in [-0.4, -0.2) is 43.3 Å². The molecule has 1 aromatic carbocycles. The first-order valence-electron chi connectivity index (χ1n) is 7.14. The number of carbonyl (C=O) groups excluding carboxylic acids is 2. The number of nitrogens with one attached hydrogen (secondary N) is 1. The molecule has 1 fully saturated rings. The number of aryl methyl sites for hydroxylation is 1. The summed E-state index contributed by atoms with van der Waals surface area (Å²) in [5.74, 6) is 0.233. The van der Waals surface area contributed by atoms with E-state index in [9.17, 15) is 9.59 Å². The number of Topliss-reactive ketones (excluding diaryl/α,β-unsaturated/α-hetero) is 1. The van der Waals surface area contributed by atoms with Crippen LogP contribution in [0.4, 0.5) is 0 Å². The predicted octanol–water partition coefficient (Wildman–Crippen LogP) is 1.64. The maximum absolute atomic E-state index is 12.3. The van der Waals surface area contributed by atoms with Crippen LogP contribution in [0.5, 0.6) is 0 Å². The van der Waals surface area contributed by atoms with Crippen molar-refractivity contribution in [3.8, 4) is 0 Å². The van der Waals surface area contributed by atoms with Gasteiger partial charge in [0, 0.05) is 19.2 Å². The first-order chi connectivity index (χ1) is 9.61. The molecule has 1 aliphatic rings. The first kappa shape index (κ1) is 14.7. The standard InChI is InChI=1S/C16H22N2O2/c1-12-6-3-4-8-14(12)15(19)11-18-9-5-7-13(10-18)16(20)17-2/h3-4,6,8,13H,5,7,9-11H2,1-2H3,(H,17,20). The number of hydrogen-bond acceptors (Lipinski definition) is 3. The van der Waals surface area contributed by atoms with E-state index in [2.05, 4.69) is 10.2 Å². The van der Waals surface area contributed by atoms with Crippen LogP contribution in [0.25, 0.3) is 0 Å². The van der Waals surface area contributed by atoms with Gasteiger partial charge in [-0.1, -0.05) is 24.3 Å². The molecule has 0 bridgehead atoms. The monoisotopic (exact) mass is 274 g/mol. The Bertz CT molecular complexity index is 499. The number of carbonyl (C=O) groups is 2. The average Bonchev–Trinajstić information content (AvgIpc) is 2.47. The zero-order chi connectivity index (χ0) is 14.5. The largest absolute Gasteiger partial charge is 0.359 e. The normalized spacial score (nSPS) is 19.6. The highest BCUT2D eigenvalue weighted by Gasteiger charge is 2.26. The number of rotatable bonds is 4. The van der Waals surface area contributed by atoms with Gasteiger partial charge in [0.25, 0.3) is 0 Å². The van der Waals surface area contributed by atoms with Crippen LogP contribution in [0.3, 0.4) is 0 Å². The van der Waals surface area contributed by atoms with Gasteiger partial charge in [-0.15, -0.1) is 0 Å². The molecule has 0 saturated carbocycles. The molecule has 1 atom stereocenters. The Kier molecular flexibility index (Phi) is 4.90. The quantitative estimate of drug-likeness (QED) is 0.849. The van der Waals surface area contributed by atoms with Crippen LogP contribution >= 0.6 is 0 Å². The van der Waals surface area contributed by atoms with E-state index in [-0.39, 0.29) is 17.6 Å². The summed E-state index contributed by atoms with van der Waals surface area (Å²) < 4.78 is 0. The number of nitrogens with zero attached hydrogens (tertiary/aromatic N) is 1. The third kappa shape index (κ3) is 3.45. The molecule has 0 radical (unpaired) electrons. The van der Waals surface area contributed by atoms with Gasteiger partial charge in [0.2, 0.25) is 5.91 Å². The molecule has 0 aliphatic carbocycles. The molecule has 4 nitrogen and oxygen atoms in total. The minimum atomic E-state index is 0.0124. The van der Waals surface area contributed by atoms with Crippen molar-refractivity contribution in [1.82, 2.24) is 10.2 Å². The summed E-state index contributed by atoms with van der Waals surface area (Å²) >= 11 is 0. The predicted molar refractivity (Wildman–Crippen MR) is 78.7 cm³/mol. The van der Waals surface area contributed by atoms with Gasteiger partial charge in [-0.05, 0) is 31.9 Å². The van der Waals surface area contributed by atoms with E-state index in [1.54, 1.807) is 7.05 Å². The van der Waals surface area contributed by atoms with Gasteiger partial charge in [-0.2, -0.15) is 0 Å². The van der Waals surface area contributed by atoms with Crippen LogP contribution in [0.15, 0.2) is 24.3 Å². The van der Waals surface area contributed by atoms with Crippen molar-refractivity contribution in [3.63, 3.8) is 0 Å². The molecule has 1 aliphatic heterocycles. The summed E-state index contributed by atoms with van der Waals surface area (Å²) in [7, 11) is 1.67. The second kappa shape index (κ2) is 6.66. The molecule has 1 saturated heterocycles. The molecule has 1 amide bonds. The maximum atomic E-state index is 12.3. The fourth-order valence-corrected chi connectivity index (χ4v) is 2.79. The van der Waals surface area contributed by atoms with E-state index in [0.717, 1.165) is 30.5 Å². The molecular weight excluding hydrogens is 252 g/mol. The molecule has 108 valence electrons. The van der Waals surface area contributed by atoms with Crippen molar-refractivity contribution in [1.29, 1.82) is 0 Å². The Morgan fingerprint density at radius 2 is 2.10 bits per heavy atom. The Morgan fingerprint density at radius 3 is 2.80 bits per heavy atom. The third-order valence-electron chi connectivity index (χ3n) is 3.94. The minimum absolute atomic E-state index is 0.0124. The van der Waals surface area contributed by atoms with Crippen molar-refractivity contribution in [2.24, 2.45) is 5.92 Å². The number of likely N-dealkylation sites (tertiary alicyclic amines) is 1. The van der Waals surface area contributed by atoms with E-state index >= 15 is 0 Å². The van der Waals surface area contributed by atoms with Gasteiger partial charge in [-0.25, -0.2) is 0 Å². The highest BCUT2D eigenvalue weighted by Crippen LogP contribution is 2.17. The lowest BCUT2D eigenvalue weighted by Gasteiger charge is -2.31. The van der Waals surface area contributed by atoms with Crippen molar-refractivity contribution in [2.75, 3.05) is 26.7 Å². The lowest BCUT2D eigenvalue weighted by Crippen LogP contribution is -2.44. The molecule has 1 N–H and O–H groups in total. The summed E-state index contributed by atoms with van der Waals surface area (Å²) in [5.41, 5.74) is 1.80. The summed E-state index contributed by atoms with van der Waals surface area (Å²) in [6.07, 6.45) is 1.88. The van der Waals surface area contributed by atoms with Gasteiger partial charge in [0.15, 0.2) is 5.78 Å². The van der Waals surface area contributed by atoms with Gasteiger partial charge in [0.05, 0.1) is 12.5 Å². The fraction of sp³-hybridized carbons (Fsp3) is 0.500. The summed E-state index contributed by atoms with van der Waals surface area (Å²) in [4.78, 5) is 26.1. The molecular formula is C16H22N2O2. The molecule has 1 heterocycles. The Balaban J connectivity index is 1.98. The second-order valence-corrected chi connectivity index (χ2v) is 5.43. The van der Waals surface area contributed by atoms with Gasteiger partial charge >= 0.3 is 0 Å². The summed E-state index contributed by atoms with van der Waals surface area (Å²) in [5, 5.41) is 2.70. The zero-order valence-electron chi connectivity index (χ0n) is 12.2. The Labute approximate surface area is 120 Å². The summed E-state index contributed by atoms with van der Waals surface area (Å²) in [6, 6.07) is 7.66. The fourth-order valence-electron chi connectivity index (χ4n) is 2.79. The van der Waals surface area contributed by atoms with Crippen LogP contribution in [0, 0.1) is 12.8 Å². The van der Waals surface area contributed by atoms with Crippen molar-refractivity contribution >= 4 is 11.7 Å². The van der Waals surface area contributed by atoms with E-state index in [1.807, 2.05) is 31.2 Å². The van der Waals surface area contributed by atoms with Crippen molar-refractivity contribution < 1.29 is 9.59 Å². The van der Waals surface area contributed by atoms with Gasteiger partial charge < -0.3 is 5.32 Å². The van der Waals surface area contributed by atoms with Gasteiger partial charge in [0.1, 0.15) is 0 Å². The number of piperidine rings is 1. The highest BCUT2D eigenvalue weighted by molar-refractivity contribution is 5.98. The molecule has 20 heavy (non-hydrogen) atoms. The maximum Gasteiger partial charge on any atom is 0.224 e. The SMILES string of the molecule is CNC(=O)C1CCCN(CC(=O)c2ccccc2C)C1. The lowest BCUT2D eigenvalue weighted by molar-refractivity contribution is -0.126. The summed E-state index contributed by atoms with van der Waals surface area (Å²) in [6.45, 7) is 3.93. The van der Waals surface area contributed by atoms with E-state index in [1.165, 1.54) is 0 Å². The van der Waals surface area contributed by atoms with E-state index in [0.29, 0.717) is 13.1 Å². The smallest absolute Gasteiger partial charge is 0.224 e. The zero-order valence-corrected chi connectivity index (χ0v) is 12.2. The van der Waals surface area contributed by atoms with Crippen LogP contribution in [0.2, 0.25) is 0 Å². The van der Waals surface area contributed by atoms with Crippen LogP contribution in [-0.2, 0) is 4.79 Å². The van der Waals surface area contributed by atoms with E-state index in [4.69, 9.17) is 0 Å². The Morgan fingerprint density at radius 1 is 1.35 bits per heavy atom. The molecule has 1 unspecified atom stereocenters. The first-order valence-corrected chi connectivity index (χ1v) is 7.14. The number of amides is 1. The van der Waals surface area contributed by atoms with Crippen LogP contribution in [0.1, 0.15) is 28.8 Å². The molecule has 0 spiro atoms.